The fraction of sp³-hybridized carbons (Fsp3) is 0.526. The quantitative estimate of drug-likeness (QED) is 0.636. The Bertz CT molecular complexity index is 938. The zero-order valence-corrected chi connectivity index (χ0v) is 18.4. The van der Waals surface area contributed by atoms with Crippen LogP contribution in [-0.2, 0) is 9.53 Å². The highest BCUT2D eigenvalue weighted by Gasteiger charge is 2.40. The third-order valence-electron chi connectivity index (χ3n) is 4.99. The zero-order chi connectivity index (χ0) is 20.9. The van der Waals surface area contributed by atoms with E-state index in [9.17, 15) is 9.59 Å². The third kappa shape index (κ3) is 3.85. The number of pyridine rings is 1. The summed E-state index contributed by atoms with van der Waals surface area (Å²) in [5, 5.41) is 0. The fourth-order valence-electron chi connectivity index (χ4n) is 3.60. The third-order valence-corrected chi connectivity index (χ3v) is 5.42. The van der Waals surface area contributed by atoms with Crippen LogP contribution in [0.3, 0.4) is 0 Å². The largest absolute Gasteiger partial charge is 0.444 e. The predicted octanol–water partition coefficient (Wildman–Crippen LogP) is 2.57. The van der Waals surface area contributed by atoms with Crippen molar-refractivity contribution >= 4 is 51.1 Å². The lowest BCUT2D eigenvalue weighted by Gasteiger charge is -2.31. The van der Waals surface area contributed by atoms with Crippen molar-refractivity contribution in [2.24, 2.45) is 9.98 Å². The van der Waals surface area contributed by atoms with Gasteiger partial charge in [-0.05, 0) is 49.2 Å². The standard InChI is InChI=1S/C19H23BrN6O3/c1-19(2,3)29-18(28)24(4)12-5-6-25(9-12)16-17-22-14(27)10-26(17)13-7-11(20)8-21-15(13)23-16/h7-8,12H,5-6,9-10H2,1-4H3/t12-/m0/s1. The number of carbonyl (C=O) groups is 2. The Morgan fingerprint density at radius 2 is 2.07 bits per heavy atom. The van der Waals surface area contributed by atoms with Crippen molar-refractivity contribution in [1.29, 1.82) is 0 Å². The molecule has 0 bridgehead atoms. The summed E-state index contributed by atoms with van der Waals surface area (Å²) in [7, 11) is 1.75. The van der Waals surface area contributed by atoms with E-state index in [2.05, 4.69) is 30.8 Å². The molecule has 9 nitrogen and oxygen atoms in total. The van der Waals surface area contributed by atoms with E-state index in [1.54, 1.807) is 18.1 Å². The van der Waals surface area contributed by atoms with Crippen LogP contribution in [0.4, 0.5) is 16.3 Å². The van der Waals surface area contributed by atoms with Crippen LogP contribution in [0.2, 0.25) is 0 Å². The first-order chi connectivity index (χ1) is 13.6. The van der Waals surface area contributed by atoms with E-state index in [1.807, 2.05) is 31.7 Å². The SMILES string of the molecule is CN(C(=O)OC(C)(C)C)[C@H]1CCN(C2=Nc3ncc(Br)cc3N3CC(=O)N=C23)C1. The Morgan fingerprint density at radius 3 is 2.79 bits per heavy atom. The number of hydrogen-bond donors (Lipinski definition) is 0. The maximum Gasteiger partial charge on any atom is 0.410 e. The molecule has 0 spiro atoms. The topological polar surface area (TPSA) is 90.7 Å². The minimum absolute atomic E-state index is 0.0158. The molecule has 154 valence electrons. The average Bonchev–Trinajstić information content (AvgIpc) is 3.25. The molecule has 1 fully saturated rings. The van der Waals surface area contributed by atoms with Gasteiger partial charge in [-0.2, -0.15) is 4.99 Å². The van der Waals surface area contributed by atoms with E-state index >= 15 is 0 Å². The number of ether oxygens (including phenoxy) is 1. The minimum Gasteiger partial charge on any atom is -0.444 e. The molecule has 0 unspecified atom stereocenters. The number of anilines is 1. The number of hydrogen-bond acceptors (Lipinski definition) is 7. The molecule has 1 aromatic rings. The number of nitrogens with zero attached hydrogens (tertiary/aromatic N) is 6. The highest BCUT2D eigenvalue weighted by atomic mass is 79.9. The first-order valence-electron chi connectivity index (χ1n) is 9.47. The van der Waals surface area contributed by atoms with E-state index in [4.69, 9.17) is 9.73 Å². The van der Waals surface area contributed by atoms with Crippen molar-refractivity contribution < 1.29 is 14.3 Å². The van der Waals surface area contributed by atoms with Crippen LogP contribution in [0, 0.1) is 0 Å². The summed E-state index contributed by atoms with van der Waals surface area (Å²) in [4.78, 5) is 43.3. The molecule has 1 atom stereocenters. The Morgan fingerprint density at radius 1 is 1.31 bits per heavy atom. The molecular weight excluding hydrogens is 440 g/mol. The van der Waals surface area contributed by atoms with E-state index in [0.29, 0.717) is 30.6 Å². The number of fused-ring (bicyclic) bond motifs is 3. The monoisotopic (exact) mass is 462 g/mol. The molecule has 4 heterocycles. The molecule has 0 N–H and O–H groups in total. The van der Waals surface area contributed by atoms with E-state index < -0.39 is 5.60 Å². The lowest BCUT2D eigenvalue weighted by molar-refractivity contribution is -0.115. The van der Waals surface area contributed by atoms with Crippen molar-refractivity contribution in [2.75, 3.05) is 31.6 Å². The highest BCUT2D eigenvalue weighted by molar-refractivity contribution is 9.10. The van der Waals surface area contributed by atoms with Crippen LogP contribution >= 0.6 is 15.9 Å². The summed E-state index contributed by atoms with van der Waals surface area (Å²) < 4.78 is 6.29. The van der Waals surface area contributed by atoms with Crippen LogP contribution in [0.1, 0.15) is 27.2 Å². The van der Waals surface area contributed by atoms with Crippen molar-refractivity contribution in [1.82, 2.24) is 14.8 Å². The number of rotatable bonds is 1. The van der Waals surface area contributed by atoms with Gasteiger partial charge >= 0.3 is 6.09 Å². The van der Waals surface area contributed by atoms with Crippen molar-refractivity contribution in [2.45, 2.75) is 38.8 Å². The summed E-state index contributed by atoms with van der Waals surface area (Å²) in [5.74, 6) is 1.52. The normalized spacial score (nSPS) is 20.9. The Balaban J connectivity index is 1.57. The van der Waals surface area contributed by atoms with Gasteiger partial charge in [0.2, 0.25) is 0 Å². The molecule has 10 heteroatoms. The van der Waals surface area contributed by atoms with E-state index in [1.165, 1.54) is 0 Å². The molecule has 0 saturated carbocycles. The zero-order valence-electron chi connectivity index (χ0n) is 16.8. The van der Waals surface area contributed by atoms with Gasteiger partial charge in [0.1, 0.15) is 12.1 Å². The van der Waals surface area contributed by atoms with E-state index in [-0.39, 0.29) is 24.6 Å². The van der Waals surface area contributed by atoms with Gasteiger partial charge in [-0.3, -0.25) is 4.79 Å². The molecule has 3 aliphatic rings. The summed E-state index contributed by atoms with van der Waals surface area (Å²) >= 11 is 3.42. The second-order valence-corrected chi connectivity index (χ2v) is 9.24. The molecule has 1 saturated heterocycles. The number of likely N-dealkylation sites (N-methyl/N-ethyl adjacent to an activating group) is 1. The van der Waals surface area contributed by atoms with Crippen LogP contribution in [0.15, 0.2) is 26.7 Å². The number of amidine groups is 2. The van der Waals surface area contributed by atoms with Gasteiger partial charge < -0.3 is 19.4 Å². The Hall–Kier alpha value is -2.49. The maximum atomic E-state index is 12.4. The minimum atomic E-state index is -0.541. The Labute approximate surface area is 177 Å². The number of carbonyl (C=O) groups excluding carboxylic acids is 2. The number of likely N-dealkylation sites (tertiary alicyclic amines) is 1. The fourth-order valence-corrected chi connectivity index (χ4v) is 3.92. The molecule has 29 heavy (non-hydrogen) atoms. The van der Waals surface area contributed by atoms with Gasteiger partial charge in [0.25, 0.3) is 5.91 Å². The summed E-state index contributed by atoms with van der Waals surface area (Å²) in [5.41, 5.74) is 0.217. The van der Waals surface area contributed by atoms with Gasteiger partial charge in [-0.25, -0.2) is 14.8 Å². The maximum absolute atomic E-state index is 12.4. The first-order valence-corrected chi connectivity index (χ1v) is 10.3. The smallest absolute Gasteiger partial charge is 0.410 e. The molecule has 0 radical (unpaired) electrons. The van der Waals surface area contributed by atoms with Crippen LogP contribution in [0.25, 0.3) is 0 Å². The lowest BCUT2D eigenvalue weighted by Crippen LogP contribution is -2.47. The van der Waals surface area contributed by atoms with Crippen LogP contribution in [0.5, 0.6) is 0 Å². The summed E-state index contributed by atoms with van der Waals surface area (Å²) in [6.07, 6.45) is 2.11. The number of amides is 2. The summed E-state index contributed by atoms with van der Waals surface area (Å²) in [6, 6.07) is 1.87. The molecule has 3 aliphatic heterocycles. The second-order valence-electron chi connectivity index (χ2n) is 8.33. The second kappa shape index (κ2) is 7.08. The van der Waals surface area contributed by atoms with Gasteiger partial charge in [-0.1, -0.05) is 0 Å². The van der Waals surface area contributed by atoms with Crippen LogP contribution in [-0.4, -0.2) is 76.8 Å². The van der Waals surface area contributed by atoms with E-state index in [0.717, 1.165) is 16.6 Å². The van der Waals surface area contributed by atoms with Crippen molar-refractivity contribution in [3.05, 3.63) is 16.7 Å². The number of halogens is 1. The van der Waals surface area contributed by atoms with Gasteiger partial charge in [-0.15, -0.1) is 0 Å². The average molecular weight is 463 g/mol. The van der Waals surface area contributed by atoms with Crippen molar-refractivity contribution in [3.63, 3.8) is 0 Å². The highest BCUT2D eigenvalue weighted by Crippen LogP contribution is 2.36. The Kier molecular flexibility index (Phi) is 4.84. The van der Waals surface area contributed by atoms with Crippen molar-refractivity contribution in [3.8, 4) is 0 Å². The molecular formula is C19H23BrN6O3. The number of aromatic nitrogens is 1. The van der Waals surface area contributed by atoms with Crippen LogP contribution < -0.4 is 4.90 Å². The van der Waals surface area contributed by atoms with Gasteiger partial charge in [0, 0.05) is 30.8 Å². The molecule has 0 aromatic carbocycles. The molecule has 2 amide bonds. The predicted molar refractivity (Wildman–Crippen MR) is 113 cm³/mol. The van der Waals surface area contributed by atoms with Gasteiger partial charge in [0.15, 0.2) is 17.5 Å². The summed E-state index contributed by atoms with van der Waals surface area (Å²) in [6.45, 7) is 7.01. The molecule has 1 aromatic heterocycles. The molecule has 4 rings (SSSR count). The first kappa shape index (κ1) is 19.8. The number of aliphatic imine (C=N–C) groups is 2. The lowest BCUT2D eigenvalue weighted by atomic mass is 10.2. The molecule has 0 aliphatic carbocycles. The van der Waals surface area contributed by atoms with Gasteiger partial charge in [0.05, 0.1) is 11.7 Å².